The molecule has 0 saturated carbocycles. The van der Waals surface area contributed by atoms with Crippen molar-refractivity contribution in [3.63, 3.8) is 0 Å². The van der Waals surface area contributed by atoms with Gasteiger partial charge >= 0.3 is 0 Å². The highest BCUT2D eigenvalue weighted by atomic mass is 79.9. The van der Waals surface area contributed by atoms with Gasteiger partial charge in [0.05, 0.1) is 16.7 Å². The van der Waals surface area contributed by atoms with Crippen molar-refractivity contribution in [1.29, 1.82) is 0 Å². The summed E-state index contributed by atoms with van der Waals surface area (Å²) >= 11 is 5.11. The van der Waals surface area contributed by atoms with E-state index in [1.165, 1.54) is 10.5 Å². The molecular weight excluding hydrogens is 298 g/mol. The van der Waals surface area contributed by atoms with E-state index in [2.05, 4.69) is 58.5 Å². The van der Waals surface area contributed by atoms with Crippen LogP contribution in [-0.4, -0.2) is 16.0 Å². The maximum absolute atomic E-state index is 5.95. The number of thioether (sulfide) groups is 1. The molecule has 1 heterocycles. The van der Waals surface area contributed by atoms with Gasteiger partial charge in [-0.1, -0.05) is 12.1 Å². The molecule has 2 N–H and O–H groups in total. The maximum Gasteiger partial charge on any atom is 0.136 e. The summed E-state index contributed by atoms with van der Waals surface area (Å²) in [7, 11) is 0. The number of rotatable bonds is 3. The molecule has 0 aliphatic heterocycles. The molecule has 0 saturated heterocycles. The Morgan fingerprint density at radius 2 is 2.00 bits per heavy atom. The number of halogens is 1. The second kappa shape index (κ2) is 5.14. The van der Waals surface area contributed by atoms with Crippen molar-refractivity contribution in [3.05, 3.63) is 40.5 Å². The van der Waals surface area contributed by atoms with Gasteiger partial charge in [0.2, 0.25) is 0 Å². The zero-order chi connectivity index (χ0) is 12.4. The third-order valence-corrected chi connectivity index (χ3v) is 4.11. The van der Waals surface area contributed by atoms with Crippen LogP contribution < -0.4 is 5.73 Å². The third-order valence-electron chi connectivity index (χ3n) is 2.75. The molecule has 2 rings (SSSR count). The summed E-state index contributed by atoms with van der Waals surface area (Å²) in [5.41, 5.74) is 7.15. The van der Waals surface area contributed by atoms with Crippen LogP contribution in [0.3, 0.4) is 0 Å². The summed E-state index contributed by atoms with van der Waals surface area (Å²) in [6, 6.07) is 8.60. The number of hydrogen-bond acceptors (Lipinski definition) is 3. The first kappa shape index (κ1) is 12.5. The Morgan fingerprint density at radius 1 is 1.35 bits per heavy atom. The van der Waals surface area contributed by atoms with Gasteiger partial charge in [-0.15, -0.1) is 11.8 Å². The first-order valence-electron chi connectivity index (χ1n) is 5.26. The number of nitrogens with two attached hydrogens (primary N) is 1. The monoisotopic (exact) mass is 311 g/mol. The lowest BCUT2D eigenvalue weighted by molar-refractivity contribution is 0.572. The molecule has 90 valence electrons. The van der Waals surface area contributed by atoms with Crippen LogP contribution in [0, 0.1) is 0 Å². The van der Waals surface area contributed by atoms with Gasteiger partial charge in [-0.3, -0.25) is 0 Å². The molecule has 2 aromatic rings. The molecule has 1 aromatic carbocycles. The fraction of sp³-hybridized carbons (Fsp3) is 0.250. The van der Waals surface area contributed by atoms with Crippen molar-refractivity contribution in [3.8, 4) is 0 Å². The van der Waals surface area contributed by atoms with E-state index in [1.807, 2.05) is 4.68 Å². The standard InChI is InChI=1S/C12H14BrN3S/c1-8(16-12(14)11(13)7-15-16)9-3-5-10(17-2)6-4-9/h3-8H,14H2,1-2H3. The minimum absolute atomic E-state index is 0.136. The molecule has 1 unspecified atom stereocenters. The Hall–Kier alpha value is -0.940. The summed E-state index contributed by atoms with van der Waals surface area (Å²) in [5.74, 6) is 0.659. The highest BCUT2D eigenvalue weighted by Gasteiger charge is 2.13. The molecule has 3 nitrogen and oxygen atoms in total. The van der Waals surface area contributed by atoms with Crippen molar-refractivity contribution in [2.45, 2.75) is 17.9 Å². The minimum Gasteiger partial charge on any atom is -0.383 e. The molecule has 0 bridgehead atoms. The van der Waals surface area contributed by atoms with Crippen LogP contribution in [0.2, 0.25) is 0 Å². The van der Waals surface area contributed by atoms with Gasteiger partial charge in [-0.05, 0) is 46.8 Å². The fourth-order valence-corrected chi connectivity index (χ4v) is 2.36. The largest absolute Gasteiger partial charge is 0.383 e. The van der Waals surface area contributed by atoms with Crippen LogP contribution in [0.5, 0.6) is 0 Å². The van der Waals surface area contributed by atoms with Gasteiger partial charge in [0.1, 0.15) is 5.82 Å². The molecular formula is C12H14BrN3S. The fourth-order valence-electron chi connectivity index (χ4n) is 1.68. The van der Waals surface area contributed by atoms with E-state index in [1.54, 1.807) is 18.0 Å². The topological polar surface area (TPSA) is 43.8 Å². The highest BCUT2D eigenvalue weighted by molar-refractivity contribution is 9.10. The molecule has 0 amide bonds. The summed E-state index contributed by atoms with van der Waals surface area (Å²) in [5, 5.41) is 4.27. The molecule has 0 spiro atoms. The van der Waals surface area contributed by atoms with Crippen LogP contribution in [0.1, 0.15) is 18.5 Å². The second-order valence-electron chi connectivity index (χ2n) is 3.77. The van der Waals surface area contributed by atoms with Gasteiger partial charge in [0.25, 0.3) is 0 Å². The van der Waals surface area contributed by atoms with Crippen LogP contribution in [0.25, 0.3) is 0 Å². The van der Waals surface area contributed by atoms with E-state index >= 15 is 0 Å². The van der Waals surface area contributed by atoms with E-state index in [-0.39, 0.29) is 6.04 Å². The summed E-state index contributed by atoms with van der Waals surface area (Å²) < 4.78 is 2.66. The predicted octanol–water partition coefficient (Wildman–Crippen LogP) is 3.56. The molecule has 1 atom stereocenters. The Bertz CT molecular complexity index is 507. The van der Waals surface area contributed by atoms with Crippen LogP contribution in [0.4, 0.5) is 5.82 Å². The average molecular weight is 312 g/mol. The SMILES string of the molecule is CSc1ccc(C(C)n2ncc(Br)c2N)cc1. The molecule has 0 radical (unpaired) electrons. The van der Waals surface area contributed by atoms with Crippen molar-refractivity contribution >= 4 is 33.5 Å². The second-order valence-corrected chi connectivity index (χ2v) is 5.51. The Kier molecular flexibility index (Phi) is 3.79. The lowest BCUT2D eigenvalue weighted by Gasteiger charge is -2.14. The van der Waals surface area contributed by atoms with E-state index in [9.17, 15) is 0 Å². The number of nitrogen functional groups attached to an aromatic ring is 1. The molecule has 17 heavy (non-hydrogen) atoms. The van der Waals surface area contributed by atoms with Crippen molar-refractivity contribution in [2.24, 2.45) is 0 Å². The molecule has 0 fully saturated rings. The van der Waals surface area contributed by atoms with Gasteiger partial charge in [0, 0.05) is 4.90 Å². The quantitative estimate of drug-likeness (QED) is 0.881. The highest BCUT2D eigenvalue weighted by Crippen LogP contribution is 2.26. The molecule has 5 heteroatoms. The first-order valence-corrected chi connectivity index (χ1v) is 7.27. The zero-order valence-electron chi connectivity index (χ0n) is 9.72. The van der Waals surface area contributed by atoms with E-state index in [0.717, 1.165) is 4.47 Å². The van der Waals surface area contributed by atoms with Gasteiger partial charge in [-0.2, -0.15) is 5.10 Å². The lowest BCUT2D eigenvalue weighted by Crippen LogP contribution is -2.11. The van der Waals surface area contributed by atoms with E-state index in [4.69, 9.17) is 5.73 Å². The summed E-state index contributed by atoms with van der Waals surface area (Å²) in [6.07, 6.45) is 3.79. The number of hydrogen-bond donors (Lipinski definition) is 1. The van der Waals surface area contributed by atoms with Crippen molar-refractivity contribution in [2.75, 3.05) is 12.0 Å². The third kappa shape index (κ3) is 2.50. The van der Waals surface area contributed by atoms with Crippen molar-refractivity contribution < 1.29 is 0 Å². The van der Waals surface area contributed by atoms with Crippen molar-refractivity contribution in [1.82, 2.24) is 9.78 Å². The summed E-state index contributed by atoms with van der Waals surface area (Å²) in [4.78, 5) is 1.26. The normalized spacial score (nSPS) is 12.6. The van der Waals surface area contributed by atoms with E-state index < -0.39 is 0 Å². The van der Waals surface area contributed by atoms with Gasteiger partial charge in [-0.25, -0.2) is 4.68 Å². The first-order chi connectivity index (χ1) is 8.13. The smallest absolute Gasteiger partial charge is 0.136 e. The van der Waals surface area contributed by atoms with Crippen LogP contribution in [-0.2, 0) is 0 Å². The van der Waals surface area contributed by atoms with Crippen LogP contribution >= 0.6 is 27.7 Å². The Balaban J connectivity index is 2.30. The summed E-state index contributed by atoms with van der Waals surface area (Å²) in [6.45, 7) is 2.09. The van der Waals surface area contributed by atoms with Crippen LogP contribution in [0.15, 0.2) is 39.8 Å². The number of benzene rings is 1. The number of anilines is 1. The predicted molar refractivity (Wildman–Crippen MR) is 76.4 cm³/mol. The molecule has 1 aromatic heterocycles. The Morgan fingerprint density at radius 3 is 2.47 bits per heavy atom. The van der Waals surface area contributed by atoms with Gasteiger partial charge in [0.15, 0.2) is 0 Å². The average Bonchev–Trinajstić information content (AvgIpc) is 2.69. The number of nitrogens with zero attached hydrogens (tertiary/aromatic N) is 2. The van der Waals surface area contributed by atoms with Gasteiger partial charge < -0.3 is 5.73 Å². The minimum atomic E-state index is 0.136. The van der Waals surface area contributed by atoms with E-state index in [0.29, 0.717) is 5.82 Å². The Labute approximate surface area is 114 Å². The molecule has 0 aliphatic rings. The zero-order valence-corrected chi connectivity index (χ0v) is 12.1. The molecule has 0 aliphatic carbocycles. The number of aromatic nitrogens is 2. The lowest BCUT2D eigenvalue weighted by atomic mass is 10.1. The maximum atomic E-state index is 5.95.